The molecule has 1 amide bonds. The van der Waals surface area contributed by atoms with Gasteiger partial charge in [0.15, 0.2) is 0 Å². The smallest absolute Gasteiger partial charge is 0.268 e. The zero-order valence-electron chi connectivity index (χ0n) is 14.6. The fourth-order valence-electron chi connectivity index (χ4n) is 2.92. The highest BCUT2D eigenvalue weighted by Crippen LogP contribution is 2.23. The number of aryl methyl sites for hydroxylation is 1. The van der Waals surface area contributed by atoms with Crippen LogP contribution in [0.4, 0.5) is 0 Å². The number of nitrogens with zero attached hydrogens (tertiary/aromatic N) is 2. The third-order valence-corrected chi connectivity index (χ3v) is 4.25. The van der Waals surface area contributed by atoms with Crippen molar-refractivity contribution in [1.29, 1.82) is 0 Å². The van der Waals surface area contributed by atoms with E-state index in [0.717, 1.165) is 29.7 Å². The van der Waals surface area contributed by atoms with Crippen LogP contribution < -0.4 is 5.32 Å². The molecule has 1 atom stereocenters. The lowest BCUT2D eigenvalue weighted by atomic mass is 10.1. The lowest BCUT2D eigenvalue weighted by Crippen LogP contribution is -2.28. The van der Waals surface area contributed by atoms with Crippen molar-refractivity contribution >= 4 is 5.91 Å². The molecule has 0 saturated carbocycles. The Morgan fingerprint density at radius 3 is 2.52 bits per heavy atom. The van der Waals surface area contributed by atoms with Gasteiger partial charge in [-0.2, -0.15) is 0 Å². The Morgan fingerprint density at radius 1 is 1.12 bits per heavy atom. The Bertz CT molecular complexity index is 825. The van der Waals surface area contributed by atoms with E-state index in [4.69, 9.17) is 0 Å². The molecule has 0 unspecified atom stereocenters. The van der Waals surface area contributed by atoms with Crippen LogP contribution in [0.15, 0.2) is 67.1 Å². The number of hydrogen-bond acceptors (Lipinski definition) is 2. The first-order valence-electron chi connectivity index (χ1n) is 8.65. The highest BCUT2D eigenvalue weighted by atomic mass is 16.2. The van der Waals surface area contributed by atoms with Gasteiger partial charge in [-0.3, -0.25) is 9.78 Å². The predicted molar refractivity (Wildman–Crippen MR) is 100 cm³/mol. The maximum absolute atomic E-state index is 12.8. The molecule has 2 heterocycles. The van der Waals surface area contributed by atoms with Gasteiger partial charge in [0.2, 0.25) is 0 Å². The number of aromatic nitrogens is 2. The zero-order valence-corrected chi connectivity index (χ0v) is 14.6. The Kier molecular flexibility index (Phi) is 5.29. The number of benzene rings is 1. The van der Waals surface area contributed by atoms with Crippen molar-refractivity contribution in [2.24, 2.45) is 0 Å². The van der Waals surface area contributed by atoms with Gasteiger partial charge in [0.25, 0.3) is 5.91 Å². The number of nitrogens with one attached hydrogen (secondary N) is 1. The molecule has 3 rings (SSSR count). The molecular weight excluding hydrogens is 310 g/mol. The number of hydrogen-bond donors (Lipinski definition) is 1. The summed E-state index contributed by atoms with van der Waals surface area (Å²) in [6.45, 7) is 4.93. The van der Waals surface area contributed by atoms with E-state index >= 15 is 0 Å². The van der Waals surface area contributed by atoms with Crippen LogP contribution in [-0.4, -0.2) is 15.5 Å². The SMILES string of the molecule is CCCn1cc(-c2ccncc2)cc1C(=O)N[C@@H](C)c1ccccc1. The second-order valence-electron chi connectivity index (χ2n) is 6.15. The minimum absolute atomic E-state index is 0.0388. The molecular formula is C21H23N3O. The standard InChI is InChI=1S/C21H23N3O/c1-3-13-24-15-19(18-9-11-22-12-10-18)14-20(24)21(25)23-16(2)17-7-5-4-6-8-17/h4-12,14-16H,3,13H2,1-2H3,(H,23,25)/t16-/m0/s1. The summed E-state index contributed by atoms with van der Waals surface area (Å²) >= 11 is 0. The van der Waals surface area contributed by atoms with E-state index in [1.807, 2.05) is 66.2 Å². The van der Waals surface area contributed by atoms with Crippen LogP contribution in [-0.2, 0) is 6.54 Å². The summed E-state index contributed by atoms with van der Waals surface area (Å²) in [4.78, 5) is 16.9. The lowest BCUT2D eigenvalue weighted by molar-refractivity contribution is 0.0930. The Hall–Kier alpha value is -2.88. The van der Waals surface area contributed by atoms with Gasteiger partial charge in [-0.1, -0.05) is 37.3 Å². The molecule has 128 valence electrons. The number of carbonyl (C=O) groups is 1. The topological polar surface area (TPSA) is 46.9 Å². The zero-order chi connectivity index (χ0) is 17.6. The van der Waals surface area contributed by atoms with Crippen LogP contribution in [0.2, 0.25) is 0 Å². The lowest BCUT2D eigenvalue weighted by Gasteiger charge is -2.15. The van der Waals surface area contributed by atoms with Crippen LogP contribution in [0.5, 0.6) is 0 Å². The van der Waals surface area contributed by atoms with Crippen molar-refractivity contribution in [2.75, 3.05) is 0 Å². The van der Waals surface area contributed by atoms with Gasteiger partial charge in [-0.05, 0) is 42.7 Å². The van der Waals surface area contributed by atoms with Crippen LogP contribution >= 0.6 is 0 Å². The van der Waals surface area contributed by atoms with Crippen LogP contribution in [0.25, 0.3) is 11.1 Å². The largest absolute Gasteiger partial charge is 0.344 e. The molecule has 0 fully saturated rings. The summed E-state index contributed by atoms with van der Waals surface area (Å²) in [5.41, 5.74) is 3.89. The molecule has 4 nitrogen and oxygen atoms in total. The first-order chi connectivity index (χ1) is 12.2. The third kappa shape index (κ3) is 3.97. The molecule has 1 aromatic carbocycles. The summed E-state index contributed by atoms with van der Waals surface area (Å²) < 4.78 is 2.03. The molecule has 0 saturated heterocycles. The summed E-state index contributed by atoms with van der Waals surface area (Å²) in [5.74, 6) is -0.0508. The molecule has 0 bridgehead atoms. The minimum Gasteiger partial charge on any atom is -0.344 e. The second-order valence-corrected chi connectivity index (χ2v) is 6.15. The van der Waals surface area contributed by atoms with Gasteiger partial charge in [-0.25, -0.2) is 0 Å². The molecule has 25 heavy (non-hydrogen) atoms. The molecule has 0 aliphatic heterocycles. The molecule has 0 radical (unpaired) electrons. The van der Waals surface area contributed by atoms with Gasteiger partial charge < -0.3 is 9.88 Å². The highest BCUT2D eigenvalue weighted by Gasteiger charge is 2.17. The van der Waals surface area contributed by atoms with Gasteiger partial charge in [-0.15, -0.1) is 0 Å². The van der Waals surface area contributed by atoms with Crippen LogP contribution in [0.3, 0.4) is 0 Å². The number of carbonyl (C=O) groups excluding carboxylic acids is 1. The maximum atomic E-state index is 12.8. The summed E-state index contributed by atoms with van der Waals surface area (Å²) in [7, 11) is 0. The number of amides is 1. The van der Waals surface area contributed by atoms with Crippen molar-refractivity contribution in [2.45, 2.75) is 32.9 Å². The first kappa shape index (κ1) is 17.0. The average molecular weight is 333 g/mol. The molecule has 0 aliphatic rings. The number of rotatable bonds is 6. The fourth-order valence-corrected chi connectivity index (χ4v) is 2.92. The summed E-state index contributed by atoms with van der Waals surface area (Å²) in [6.07, 6.45) is 6.55. The molecule has 1 N–H and O–H groups in total. The fraction of sp³-hybridized carbons (Fsp3) is 0.238. The van der Waals surface area contributed by atoms with Gasteiger partial charge in [0.1, 0.15) is 5.69 Å². The third-order valence-electron chi connectivity index (χ3n) is 4.25. The van der Waals surface area contributed by atoms with E-state index in [-0.39, 0.29) is 11.9 Å². The second kappa shape index (κ2) is 7.79. The molecule has 0 spiro atoms. The molecule has 2 aromatic heterocycles. The molecule has 0 aliphatic carbocycles. The van der Waals surface area contributed by atoms with Gasteiger partial charge in [0.05, 0.1) is 6.04 Å². The van der Waals surface area contributed by atoms with Crippen molar-refractivity contribution in [1.82, 2.24) is 14.9 Å². The van der Waals surface area contributed by atoms with Crippen LogP contribution in [0, 0.1) is 0 Å². The van der Waals surface area contributed by atoms with Crippen LogP contribution in [0.1, 0.15) is 42.4 Å². The van der Waals surface area contributed by atoms with Crippen molar-refractivity contribution in [3.8, 4) is 11.1 Å². The molecule has 3 aromatic rings. The van der Waals surface area contributed by atoms with Crippen molar-refractivity contribution < 1.29 is 4.79 Å². The van der Waals surface area contributed by atoms with E-state index in [2.05, 4.69) is 17.2 Å². The molecule has 4 heteroatoms. The van der Waals surface area contributed by atoms with Gasteiger partial charge >= 0.3 is 0 Å². The Labute approximate surface area is 148 Å². The van der Waals surface area contributed by atoms with E-state index in [1.54, 1.807) is 12.4 Å². The maximum Gasteiger partial charge on any atom is 0.268 e. The quantitative estimate of drug-likeness (QED) is 0.724. The normalized spacial score (nSPS) is 11.9. The van der Waals surface area contributed by atoms with E-state index < -0.39 is 0 Å². The monoisotopic (exact) mass is 333 g/mol. The van der Waals surface area contributed by atoms with E-state index in [1.165, 1.54) is 0 Å². The minimum atomic E-state index is -0.0508. The van der Waals surface area contributed by atoms with Gasteiger partial charge in [0, 0.05) is 30.7 Å². The van der Waals surface area contributed by atoms with E-state index in [9.17, 15) is 4.79 Å². The number of pyridine rings is 1. The van der Waals surface area contributed by atoms with Crippen molar-refractivity contribution in [3.05, 3.63) is 78.4 Å². The van der Waals surface area contributed by atoms with E-state index in [0.29, 0.717) is 5.69 Å². The predicted octanol–water partition coefficient (Wildman–Crippen LogP) is 4.45. The Balaban J connectivity index is 1.85. The highest BCUT2D eigenvalue weighted by molar-refractivity contribution is 5.94. The average Bonchev–Trinajstić information content (AvgIpc) is 3.07. The van der Waals surface area contributed by atoms with Crippen molar-refractivity contribution in [3.63, 3.8) is 0 Å². The summed E-state index contributed by atoms with van der Waals surface area (Å²) in [6, 6.07) is 15.8. The first-order valence-corrected chi connectivity index (χ1v) is 8.65. The Morgan fingerprint density at radius 2 is 1.84 bits per heavy atom. The summed E-state index contributed by atoms with van der Waals surface area (Å²) in [5, 5.41) is 3.10.